The van der Waals surface area contributed by atoms with Crippen LogP contribution in [-0.4, -0.2) is 41.8 Å². The van der Waals surface area contributed by atoms with E-state index in [9.17, 15) is 5.11 Å². The number of rotatable bonds is 4. The predicted octanol–water partition coefficient (Wildman–Crippen LogP) is 2.25. The van der Waals surface area contributed by atoms with E-state index in [4.69, 9.17) is 0 Å². The topological polar surface area (TPSA) is 35.5 Å². The molecule has 0 saturated carbocycles. The molecule has 0 atom stereocenters. The van der Waals surface area contributed by atoms with E-state index in [-0.39, 0.29) is 12.1 Å². The van der Waals surface area contributed by atoms with Gasteiger partial charge in [0.2, 0.25) is 0 Å². The van der Waals surface area contributed by atoms with Gasteiger partial charge in [0.15, 0.2) is 0 Å². The Morgan fingerprint density at radius 2 is 1.83 bits per heavy atom. The Morgan fingerprint density at radius 1 is 1.22 bits per heavy atom. The Balaban J connectivity index is 2.03. The van der Waals surface area contributed by atoms with Crippen molar-refractivity contribution in [3.63, 3.8) is 0 Å². The highest BCUT2D eigenvalue weighted by atomic mass is 16.3. The van der Waals surface area contributed by atoms with Gasteiger partial charge in [0.05, 0.1) is 12.1 Å². The van der Waals surface area contributed by atoms with Crippen LogP contribution in [0.25, 0.3) is 0 Å². The van der Waals surface area contributed by atoms with E-state index in [1.807, 2.05) is 0 Å². The van der Waals surface area contributed by atoms with Gasteiger partial charge in [-0.25, -0.2) is 0 Å². The third-order valence-electron chi connectivity index (χ3n) is 4.02. The third-order valence-corrected chi connectivity index (χ3v) is 4.02. The van der Waals surface area contributed by atoms with Gasteiger partial charge in [0.1, 0.15) is 0 Å². The number of benzene rings is 1. The standard InChI is InChI=1S/C15H24N2O/c1-3-17-10-8-15(12-18,9-11-17)16-14-6-4-13(2)5-7-14/h4-7,16,18H,3,8-12H2,1-2H3. The Hall–Kier alpha value is -1.06. The molecule has 0 amide bonds. The van der Waals surface area contributed by atoms with E-state index < -0.39 is 0 Å². The van der Waals surface area contributed by atoms with Crippen molar-refractivity contribution >= 4 is 5.69 Å². The minimum atomic E-state index is -0.138. The Labute approximate surface area is 110 Å². The number of hydrogen-bond donors (Lipinski definition) is 2. The molecule has 0 unspecified atom stereocenters. The van der Waals surface area contributed by atoms with Gasteiger partial charge in [0.25, 0.3) is 0 Å². The van der Waals surface area contributed by atoms with Crippen LogP contribution in [0.3, 0.4) is 0 Å². The number of piperidine rings is 1. The highest BCUT2D eigenvalue weighted by Crippen LogP contribution is 2.26. The summed E-state index contributed by atoms with van der Waals surface area (Å²) < 4.78 is 0. The van der Waals surface area contributed by atoms with Crippen LogP contribution in [0.5, 0.6) is 0 Å². The van der Waals surface area contributed by atoms with E-state index in [0.29, 0.717) is 0 Å². The largest absolute Gasteiger partial charge is 0.394 e. The fraction of sp³-hybridized carbons (Fsp3) is 0.600. The molecular weight excluding hydrogens is 224 g/mol. The van der Waals surface area contributed by atoms with E-state index in [1.165, 1.54) is 5.56 Å². The first-order valence-electron chi connectivity index (χ1n) is 6.85. The highest BCUT2D eigenvalue weighted by molar-refractivity contribution is 5.47. The van der Waals surface area contributed by atoms with Crippen molar-refractivity contribution in [1.29, 1.82) is 0 Å². The maximum atomic E-state index is 9.74. The van der Waals surface area contributed by atoms with Crippen LogP contribution >= 0.6 is 0 Å². The summed E-state index contributed by atoms with van der Waals surface area (Å²) >= 11 is 0. The number of anilines is 1. The van der Waals surface area contributed by atoms with Crippen LogP contribution in [0.4, 0.5) is 5.69 Å². The molecule has 0 aliphatic carbocycles. The van der Waals surface area contributed by atoms with E-state index >= 15 is 0 Å². The zero-order chi connectivity index (χ0) is 13.0. The van der Waals surface area contributed by atoms with Crippen molar-refractivity contribution < 1.29 is 5.11 Å². The Bertz CT molecular complexity index is 367. The smallest absolute Gasteiger partial charge is 0.0662 e. The maximum Gasteiger partial charge on any atom is 0.0662 e. The molecule has 18 heavy (non-hydrogen) atoms. The van der Waals surface area contributed by atoms with Gasteiger partial charge in [-0.05, 0) is 38.4 Å². The third kappa shape index (κ3) is 3.03. The van der Waals surface area contributed by atoms with Crippen molar-refractivity contribution in [2.24, 2.45) is 0 Å². The minimum absolute atomic E-state index is 0.138. The second-order valence-electron chi connectivity index (χ2n) is 5.36. The molecule has 100 valence electrons. The zero-order valence-electron chi connectivity index (χ0n) is 11.4. The molecule has 1 heterocycles. The average Bonchev–Trinajstić information content (AvgIpc) is 2.42. The molecule has 1 aliphatic rings. The summed E-state index contributed by atoms with van der Waals surface area (Å²) in [4.78, 5) is 2.44. The Morgan fingerprint density at radius 3 is 2.33 bits per heavy atom. The van der Waals surface area contributed by atoms with Crippen LogP contribution < -0.4 is 5.32 Å². The van der Waals surface area contributed by atoms with Gasteiger partial charge in [-0.15, -0.1) is 0 Å². The number of nitrogens with zero attached hydrogens (tertiary/aromatic N) is 1. The summed E-state index contributed by atoms with van der Waals surface area (Å²) in [6, 6.07) is 8.40. The molecule has 3 heteroatoms. The SMILES string of the molecule is CCN1CCC(CO)(Nc2ccc(C)cc2)CC1. The zero-order valence-corrected chi connectivity index (χ0v) is 11.4. The second kappa shape index (κ2) is 5.72. The molecule has 2 rings (SSSR count). The number of likely N-dealkylation sites (tertiary alicyclic amines) is 1. The first-order valence-corrected chi connectivity index (χ1v) is 6.85. The van der Waals surface area contributed by atoms with Crippen LogP contribution in [0.1, 0.15) is 25.3 Å². The summed E-state index contributed by atoms with van der Waals surface area (Å²) in [6.07, 6.45) is 2.01. The molecule has 1 aromatic rings. The van der Waals surface area contributed by atoms with E-state index in [1.54, 1.807) is 0 Å². The summed E-state index contributed by atoms with van der Waals surface area (Å²) in [5.74, 6) is 0. The van der Waals surface area contributed by atoms with Crippen molar-refractivity contribution in [2.75, 3.05) is 31.6 Å². The number of nitrogens with one attached hydrogen (secondary N) is 1. The summed E-state index contributed by atoms with van der Waals surface area (Å²) in [6.45, 7) is 7.72. The van der Waals surface area contributed by atoms with Gasteiger partial charge in [-0.2, -0.15) is 0 Å². The van der Waals surface area contributed by atoms with Crippen molar-refractivity contribution in [3.05, 3.63) is 29.8 Å². The molecule has 1 aliphatic heterocycles. The lowest BCUT2D eigenvalue weighted by molar-refractivity contribution is 0.122. The summed E-state index contributed by atoms with van der Waals surface area (Å²) in [5, 5.41) is 13.3. The van der Waals surface area contributed by atoms with Crippen molar-refractivity contribution in [1.82, 2.24) is 4.90 Å². The quantitative estimate of drug-likeness (QED) is 0.858. The fourth-order valence-electron chi connectivity index (χ4n) is 2.56. The molecule has 1 saturated heterocycles. The second-order valence-corrected chi connectivity index (χ2v) is 5.36. The molecular formula is C15H24N2O. The van der Waals surface area contributed by atoms with Gasteiger partial charge in [-0.1, -0.05) is 24.6 Å². The van der Waals surface area contributed by atoms with Crippen LogP contribution in [0, 0.1) is 6.92 Å². The lowest BCUT2D eigenvalue weighted by Crippen LogP contribution is -2.51. The number of hydrogen-bond acceptors (Lipinski definition) is 3. The summed E-state index contributed by atoms with van der Waals surface area (Å²) in [7, 11) is 0. The van der Waals surface area contributed by atoms with E-state index in [2.05, 4.69) is 48.3 Å². The van der Waals surface area contributed by atoms with Crippen LogP contribution in [-0.2, 0) is 0 Å². The summed E-state index contributed by atoms with van der Waals surface area (Å²) in [5.41, 5.74) is 2.24. The molecule has 1 fully saturated rings. The van der Waals surface area contributed by atoms with Crippen LogP contribution in [0.15, 0.2) is 24.3 Å². The molecule has 0 aromatic heterocycles. The van der Waals surface area contributed by atoms with Crippen molar-refractivity contribution in [2.45, 2.75) is 32.2 Å². The molecule has 0 radical (unpaired) electrons. The number of aliphatic hydroxyl groups is 1. The Kier molecular flexibility index (Phi) is 4.25. The first kappa shape index (κ1) is 13.4. The predicted molar refractivity (Wildman–Crippen MR) is 76.0 cm³/mol. The molecule has 0 bridgehead atoms. The van der Waals surface area contributed by atoms with Crippen LogP contribution in [0.2, 0.25) is 0 Å². The molecule has 1 aromatic carbocycles. The lowest BCUT2D eigenvalue weighted by atomic mass is 9.88. The van der Waals surface area contributed by atoms with Gasteiger partial charge in [0, 0.05) is 18.8 Å². The normalized spacial score (nSPS) is 19.7. The molecule has 3 nitrogen and oxygen atoms in total. The van der Waals surface area contributed by atoms with Gasteiger partial charge in [-0.3, -0.25) is 0 Å². The number of aryl methyl sites for hydroxylation is 1. The first-order chi connectivity index (χ1) is 8.67. The fourth-order valence-corrected chi connectivity index (χ4v) is 2.56. The van der Waals surface area contributed by atoms with Gasteiger partial charge >= 0.3 is 0 Å². The monoisotopic (exact) mass is 248 g/mol. The number of aliphatic hydroxyl groups excluding tert-OH is 1. The lowest BCUT2D eigenvalue weighted by Gasteiger charge is -2.41. The molecule has 2 N–H and O–H groups in total. The molecule has 0 spiro atoms. The highest BCUT2D eigenvalue weighted by Gasteiger charge is 2.33. The maximum absolute atomic E-state index is 9.74. The van der Waals surface area contributed by atoms with E-state index in [0.717, 1.165) is 38.2 Å². The minimum Gasteiger partial charge on any atom is -0.394 e. The van der Waals surface area contributed by atoms with Gasteiger partial charge < -0.3 is 15.3 Å². The van der Waals surface area contributed by atoms with Crippen molar-refractivity contribution in [3.8, 4) is 0 Å². The average molecular weight is 248 g/mol.